The van der Waals surface area contributed by atoms with Gasteiger partial charge >= 0.3 is 0 Å². The van der Waals surface area contributed by atoms with Gasteiger partial charge in [0.2, 0.25) is 0 Å². The molecule has 2 atom stereocenters. The number of fused-ring (bicyclic) bond motifs is 1. The fraction of sp³-hybridized carbons (Fsp3) is 0.444. The van der Waals surface area contributed by atoms with E-state index in [1.807, 2.05) is 11.8 Å². The summed E-state index contributed by atoms with van der Waals surface area (Å²) in [6.45, 7) is 7.93. The molecule has 0 aliphatic heterocycles. The third-order valence-corrected chi connectivity index (χ3v) is 4.93. The minimum absolute atomic E-state index is 0.589. The smallest absolute Gasteiger partial charge is 0.0220 e. The van der Waals surface area contributed by atoms with Gasteiger partial charge in [0.05, 0.1) is 0 Å². The third-order valence-electron chi connectivity index (χ3n) is 3.71. The van der Waals surface area contributed by atoms with Crippen molar-refractivity contribution in [2.24, 2.45) is 0 Å². The minimum atomic E-state index is 0.589. The Bertz CT molecular complexity index is 538. The van der Waals surface area contributed by atoms with Gasteiger partial charge in [0.15, 0.2) is 0 Å². The maximum absolute atomic E-state index is 3.66. The molecule has 0 radical (unpaired) electrons. The Balaban J connectivity index is 2.06. The predicted octanol–water partition coefficient (Wildman–Crippen LogP) is 5.10. The Morgan fingerprint density at radius 3 is 2.50 bits per heavy atom. The van der Waals surface area contributed by atoms with Gasteiger partial charge in [0.25, 0.3) is 0 Å². The van der Waals surface area contributed by atoms with E-state index in [-0.39, 0.29) is 0 Å². The van der Waals surface area contributed by atoms with E-state index in [2.05, 4.69) is 68.6 Å². The van der Waals surface area contributed by atoms with Crippen LogP contribution in [0.1, 0.15) is 33.6 Å². The van der Waals surface area contributed by atoms with Crippen molar-refractivity contribution < 1.29 is 0 Å². The molecule has 2 rings (SSSR count). The zero-order valence-corrected chi connectivity index (χ0v) is 13.5. The first-order chi connectivity index (χ1) is 9.74. The molecular weight excluding hydrogens is 262 g/mol. The molecule has 1 nitrogen and oxygen atoms in total. The van der Waals surface area contributed by atoms with E-state index in [0.29, 0.717) is 11.3 Å². The first kappa shape index (κ1) is 15.4. The summed E-state index contributed by atoms with van der Waals surface area (Å²) in [5.74, 6) is 0. The average Bonchev–Trinajstić information content (AvgIpc) is 2.48. The first-order valence-electron chi connectivity index (χ1n) is 7.63. The van der Waals surface area contributed by atoms with Crippen molar-refractivity contribution >= 4 is 22.5 Å². The molecule has 0 amide bonds. The van der Waals surface area contributed by atoms with Gasteiger partial charge in [-0.05, 0) is 42.3 Å². The lowest BCUT2D eigenvalue weighted by Gasteiger charge is -2.23. The van der Waals surface area contributed by atoms with Gasteiger partial charge in [-0.1, -0.05) is 51.1 Å². The Morgan fingerprint density at radius 1 is 1.05 bits per heavy atom. The molecule has 0 bridgehead atoms. The van der Waals surface area contributed by atoms with E-state index in [0.717, 1.165) is 6.54 Å². The summed E-state index contributed by atoms with van der Waals surface area (Å²) in [6.07, 6.45) is 2.38. The van der Waals surface area contributed by atoms with E-state index in [4.69, 9.17) is 0 Å². The standard InChI is InChI=1S/C18H25NS/c1-4-12-19-18(5-2)14(3)20-17-11-10-15-8-6-7-9-16(15)13-17/h6-11,13-14,18-19H,4-5,12H2,1-3H3. The molecular formula is C18H25NS. The predicted molar refractivity (Wildman–Crippen MR) is 91.6 cm³/mol. The molecule has 0 fully saturated rings. The number of nitrogens with one attached hydrogen (secondary N) is 1. The molecule has 20 heavy (non-hydrogen) atoms. The summed E-state index contributed by atoms with van der Waals surface area (Å²) >= 11 is 1.98. The van der Waals surface area contributed by atoms with Crippen molar-refractivity contribution in [1.82, 2.24) is 5.32 Å². The van der Waals surface area contributed by atoms with Crippen LogP contribution in [0.5, 0.6) is 0 Å². The molecule has 0 aliphatic rings. The van der Waals surface area contributed by atoms with Gasteiger partial charge in [0.1, 0.15) is 0 Å². The van der Waals surface area contributed by atoms with Crippen molar-refractivity contribution in [2.75, 3.05) is 6.54 Å². The van der Waals surface area contributed by atoms with Crippen LogP contribution in [0, 0.1) is 0 Å². The average molecular weight is 287 g/mol. The lowest BCUT2D eigenvalue weighted by atomic mass is 10.1. The fourth-order valence-corrected chi connectivity index (χ4v) is 3.73. The Hall–Kier alpha value is -0.990. The summed E-state index contributed by atoms with van der Waals surface area (Å²) < 4.78 is 0. The van der Waals surface area contributed by atoms with Gasteiger partial charge in [-0.25, -0.2) is 0 Å². The number of hydrogen-bond donors (Lipinski definition) is 1. The highest BCUT2D eigenvalue weighted by Crippen LogP contribution is 2.29. The van der Waals surface area contributed by atoms with E-state index < -0.39 is 0 Å². The van der Waals surface area contributed by atoms with Crippen LogP contribution < -0.4 is 5.32 Å². The third kappa shape index (κ3) is 4.00. The van der Waals surface area contributed by atoms with Gasteiger partial charge in [-0.3, -0.25) is 0 Å². The van der Waals surface area contributed by atoms with Crippen molar-refractivity contribution in [1.29, 1.82) is 0 Å². The van der Waals surface area contributed by atoms with Crippen molar-refractivity contribution in [3.63, 3.8) is 0 Å². The molecule has 0 spiro atoms. The maximum atomic E-state index is 3.66. The number of hydrogen-bond acceptors (Lipinski definition) is 2. The second kappa shape index (κ2) is 7.70. The normalized spacial score (nSPS) is 14.3. The summed E-state index contributed by atoms with van der Waals surface area (Å²) in [5, 5.41) is 6.90. The van der Waals surface area contributed by atoms with Crippen LogP contribution in [0.2, 0.25) is 0 Å². The molecule has 0 saturated carbocycles. The Morgan fingerprint density at radius 2 is 1.80 bits per heavy atom. The number of benzene rings is 2. The highest BCUT2D eigenvalue weighted by molar-refractivity contribution is 8.00. The Labute approximate surface area is 127 Å². The number of thioether (sulfide) groups is 1. The van der Waals surface area contributed by atoms with Crippen LogP contribution >= 0.6 is 11.8 Å². The summed E-state index contributed by atoms with van der Waals surface area (Å²) in [7, 11) is 0. The number of rotatable bonds is 7. The molecule has 0 saturated heterocycles. The van der Waals surface area contributed by atoms with Crippen molar-refractivity contribution in [3.05, 3.63) is 42.5 Å². The summed E-state index contributed by atoms with van der Waals surface area (Å²) in [4.78, 5) is 1.37. The van der Waals surface area contributed by atoms with Crippen LogP contribution in [-0.4, -0.2) is 17.8 Å². The van der Waals surface area contributed by atoms with Crippen LogP contribution in [0.4, 0.5) is 0 Å². The van der Waals surface area contributed by atoms with E-state index in [9.17, 15) is 0 Å². The van der Waals surface area contributed by atoms with Gasteiger partial charge < -0.3 is 5.32 Å². The largest absolute Gasteiger partial charge is 0.313 e. The maximum Gasteiger partial charge on any atom is 0.0220 e. The molecule has 2 heteroatoms. The van der Waals surface area contributed by atoms with Crippen molar-refractivity contribution in [2.45, 2.75) is 49.8 Å². The molecule has 108 valence electrons. The molecule has 2 aromatic rings. The summed E-state index contributed by atoms with van der Waals surface area (Å²) in [6, 6.07) is 15.9. The highest BCUT2D eigenvalue weighted by Gasteiger charge is 2.15. The quantitative estimate of drug-likeness (QED) is 0.711. The molecule has 0 aromatic heterocycles. The van der Waals surface area contributed by atoms with Gasteiger partial charge in [-0.2, -0.15) is 0 Å². The SMILES string of the molecule is CCCNC(CC)C(C)Sc1ccc2ccccc2c1. The molecule has 0 aliphatic carbocycles. The zero-order chi connectivity index (χ0) is 14.4. The lowest BCUT2D eigenvalue weighted by molar-refractivity contribution is 0.494. The van der Waals surface area contributed by atoms with Gasteiger partial charge in [-0.15, -0.1) is 11.8 Å². The fourth-order valence-electron chi connectivity index (χ4n) is 2.51. The van der Waals surface area contributed by atoms with Gasteiger partial charge in [0, 0.05) is 16.2 Å². The van der Waals surface area contributed by atoms with Crippen LogP contribution in [0.25, 0.3) is 10.8 Å². The zero-order valence-electron chi connectivity index (χ0n) is 12.7. The second-order valence-corrected chi connectivity index (χ2v) is 6.75. The van der Waals surface area contributed by atoms with Crippen LogP contribution in [-0.2, 0) is 0 Å². The Kier molecular flexibility index (Phi) is 5.93. The van der Waals surface area contributed by atoms with Crippen LogP contribution in [0.3, 0.4) is 0 Å². The molecule has 0 heterocycles. The minimum Gasteiger partial charge on any atom is -0.313 e. The second-order valence-electron chi connectivity index (χ2n) is 5.30. The highest BCUT2D eigenvalue weighted by atomic mass is 32.2. The van der Waals surface area contributed by atoms with Crippen LogP contribution in [0.15, 0.2) is 47.4 Å². The molecule has 1 N–H and O–H groups in total. The van der Waals surface area contributed by atoms with Crippen molar-refractivity contribution in [3.8, 4) is 0 Å². The lowest BCUT2D eigenvalue weighted by Crippen LogP contribution is -2.36. The topological polar surface area (TPSA) is 12.0 Å². The van der Waals surface area contributed by atoms with E-state index in [1.54, 1.807) is 0 Å². The molecule has 2 aromatic carbocycles. The summed E-state index contributed by atoms with van der Waals surface area (Å²) in [5.41, 5.74) is 0. The van der Waals surface area contributed by atoms with E-state index >= 15 is 0 Å². The molecule has 2 unspecified atom stereocenters. The monoisotopic (exact) mass is 287 g/mol. The van der Waals surface area contributed by atoms with E-state index in [1.165, 1.54) is 28.5 Å². The first-order valence-corrected chi connectivity index (χ1v) is 8.51.